The van der Waals surface area contributed by atoms with E-state index in [1.165, 1.54) is 43.4 Å². The Balaban J connectivity index is 1.61. The number of aryl methyl sites for hydroxylation is 2. The van der Waals surface area contributed by atoms with E-state index in [0.29, 0.717) is 12.6 Å². The van der Waals surface area contributed by atoms with Gasteiger partial charge < -0.3 is 5.11 Å². The fourth-order valence-corrected chi connectivity index (χ4v) is 4.68. The topological polar surface area (TPSA) is 44.5 Å². The van der Waals surface area contributed by atoms with Crippen molar-refractivity contribution in [1.29, 1.82) is 0 Å². The van der Waals surface area contributed by atoms with Gasteiger partial charge in [0.15, 0.2) is 0 Å². The molecule has 2 aliphatic rings. The van der Waals surface area contributed by atoms with Crippen LogP contribution in [-0.2, 0) is 13.1 Å². The molecular formula is C20H36N4O. The van der Waals surface area contributed by atoms with Crippen molar-refractivity contribution in [1.82, 2.24) is 19.6 Å². The molecule has 1 saturated heterocycles. The summed E-state index contributed by atoms with van der Waals surface area (Å²) in [7, 11) is 0. The van der Waals surface area contributed by atoms with Crippen LogP contribution in [0.15, 0.2) is 6.20 Å². The Morgan fingerprint density at radius 3 is 2.72 bits per heavy atom. The van der Waals surface area contributed by atoms with Gasteiger partial charge in [-0.2, -0.15) is 5.10 Å². The van der Waals surface area contributed by atoms with Gasteiger partial charge in [-0.05, 0) is 32.6 Å². The van der Waals surface area contributed by atoms with E-state index in [-0.39, 0.29) is 0 Å². The predicted molar refractivity (Wildman–Crippen MR) is 102 cm³/mol. The average molecular weight is 349 g/mol. The molecule has 0 amide bonds. The number of piperazine rings is 1. The Bertz CT molecular complexity index is 524. The van der Waals surface area contributed by atoms with Crippen LogP contribution < -0.4 is 0 Å². The predicted octanol–water partition coefficient (Wildman–Crippen LogP) is 2.80. The van der Waals surface area contributed by atoms with Crippen LogP contribution in [0.25, 0.3) is 0 Å². The summed E-state index contributed by atoms with van der Waals surface area (Å²) < 4.78 is 2.09. The van der Waals surface area contributed by atoms with Crippen LogP contribution >= 0.6 is 0 Å². The third-order valence-electron chi connectivity index (χ3n) is 6.01. The molecule has 0 unspecified atom stereocenters. The molecular weight excluding hydrogens is 312 g/mol. The van der Waals surface area contributed by atoms with Gasteiger partial charge in [-0.1, -0.05) is 26.2 Å². The highest BCUT2D eigenvalue weighted by Gasteiger charge is 2.32. The number of rotatable bonds is 7. The first-order valence-electron chi connectivity index (χ1n) is 10.3. The van der Waals surface area contributed by atoms with Gasteiger partial charge in [-0.3, -0.25) is 14.5 Å². The molecule has 1 aliphatic carbocycles. The molecule has 2 heterocycles. The van der Waals surface area contributed by atoms with Gasteiger partial charge >= 0.3 is 0 Å². The van der Waals surface area contributed by atoms with Gasteiger partial charge in [-0.15, -0.1) is 0 Å². The van der Waals surface area contributed by atoms with Crippen molar-refractivity contribution in [2.75, 3.05) is 26.2 Å². The molecule has 0 bridgehead atoms. The zero-order valence-electron chi connectivity index (χ0n) is 16.2. The largest absolute Gasteiger partial charge is 0.396 e. The van der Waals surface area contributed by atoms with E-state index in [2.05, 4.69) is 39.6 Å². The van der Waals surface area contributed by atoms with E-state index >= 15 is 0 Å². The van der Waals surface area contributed by atoms with Gasteiger partial charge in [0, 0.05) is 63.2 Å². The lowest BCUT2D eigenvalue weighted by Crippen LogP contribution is -2.56. The molecule has 1 aliphatic heterocycles. The first-order valence-corrected chi connectivity index (χ1v) is 10.3. The van der Waals surface area contributed by atoms with Crippen molar-refractivity contribution in [3.63, 3.8) is 0 Å². The fraction of sp³-hybridized carbons (Fsp3) is 0.850. The maximum Gasteiger partial charge on any atom is 0.0638 e. The van der Waals surface area contributed by atoms with E-state index in [1.54, 1.807) is 0 Å². The molecule has 0 radical (unpaired) electrons. The fourth-order valence-electron chi connectivity index (χ4n) is 4.68. The molecule has 25 heavy (non-hydrogen) atoms. The van der Waals surface area contributed by atoms with Crippen molar-refractivity contribution in [2.45, 2.75) is 84.0 Å². The van der Waals surface area contributed by atoms with Gasteiger partial charge in [0.2, 0.25) is 0 Å². The Labute approximate surface area is 153 Å². The molecule has 0 aromatic carbocycles. The molecule has 5 nitrogen and oxygen atoms in total. The summed E-state index contributed by atoms with van der Waals surface area (Å²) in [5.74, 6) is 0. The second-order valence-electron chi connectivity index (χ2n) is 7.93. The van der Waals surface area contributed by atoms with Crippen molar-refractivity contribution in [3.8, 4) is 0 Å². The second-order valence-corrected chi connectivity index (χ2v) is 7.93. The van der Waals surface area contributed by atoms with Crippen molar-refractivity contribution in [3.05, 3.63) is 17.5 Å². The third-order valence-corrected chi connectivity index (χ3v) is 6.01. The second kappa shape index (κ2) is 9.15. The monoisotopic (exact) mass is 348 g/mol. The minimum Gasteiger partial charge on any atom is -0.396 e. The number of aromatic nitrogens is 2. The summed E-state index contributed by atoms with van der Waals surface area (Å²) in [6.07, 6.45) is 11.1. The molecule has 1 aromatic rings. The van der Waals surface area contributed by atoms with E-state index in [4.69, 9.17) is 0 Å². The lowest BCUT2D eigenvalue weighted by atomic mass is 9.91. The first kappa shape index (κ1) is 18.9. The van der Waals surface area contributed by atoms with Crippen LogP contribution in [0.4, 0.5) is 0 Å². The Morgan fingerprint density at radius 2 is 2.00 bits per heavy atom. The zero-order chi connectivity index (χ0) is 17.6. The van der Waals surface area contributed by atoms with Crippen LogP contribution in [0.1, 0.15) is 63.1 Å². The number of aliphatic hydroxyl groups excluding tert-OH is 1. The normalized spacial score (nSPS) is 24.0. The number of aliphatic hydroxyl groups is 1. The number of hydrogen-bond acceptors (Lipinski definition) is 4. The van der Waals surface area contributed by atoms with E-state index in [1.807, 2.05) is 0 Å². The van der Waals surface area contributed by atoms with E-state index < -0.39 is 0 Å². The molecule has 5 heteroatoms. The summed E-state index contributed by atoms with van der Waals surface area (Å²) in [5, 5.41) is 14.2. The minimum atomic E-state index is 0.301. The van der Waals surface area contributed by atoms with Crippen molar-refractivity contribution < 1.29 is 5.11 Å². The van der Waals surface area contributed by atoms with E-state index in [0.717, 1.165) is 51.6 Å². The summed E-state index contributed by atoms with van der Waals surface area (Å²) >= 11 is 0. The molecule has 1 atom stereocenters. The highest BCUT2D eigenvalue weighted by atomic mass is 16.3. The number of nitrogens with zero attached hydrogens (tertiary/aromatic N) is 4. The van der Waals surface area contributed by atoms with Crippen molar-refractivity contribution in [2.24, 2.45) is 0 Å². The molecule has 2 fully saturated rings. The summed E-state index contributed by atoms with van der Waals surface area (Å²) in [6, 6.07) is 1.26. The molecule has 3 rings (SSSR count). The summed E-state index contributed by atoms with van der Waals surface area (Å²) in [4.78, 5) is 5.29. The first-order chi connectivity index (χ1) is 12.2. The highest BCUT2D eigenvalue weighted by Crippen LogP contribution is 2.27. The lowest BCUT2D eigenvalue weighted by Gasteiger charge is -2.46. The van der Waals surface area contributed by atoms with Gasteiger partial charge in [0.05, 0.1) is 5.69 Å². The van der Waals surface area contributed by atoms with Crippen LogP contribution in [-0.4, -0.2) is 63.0 Å². The zero-order valence-corrected chi connectivity index (χ0v) is 16.2. The third kappa shape index (κ3) is 4.83. The molecule has 142 valence electrons. The Hall–Kier alpha value is -0.910. The van der Waals surface area contributed by atoms with Gasteiger partial charge in [0.1, 0.15) is 0 Å². The van der Waals surface area contributed by atoms with Gasteiger partial charge in [-0.25, -0.2) is 0 Å². The van der Waals surface area contributed by atoms with Crippen LogP contribution in [0.3, 0.4) is 0 Å². The standard InChI is InChI=1S/C20H36N4O/c1-3-10-23-15-18(17(2)21-23)14-22-11-12-24(20(16-22)9-13-25)19-7-5-4-6-8-19/h15,19-20,25H,3-14,16H2,1-2H3/t20-/m0/s1. The smallest absolute Gasteiger partial charge is 0.0638 e. The summed E-state index contributed by atoms with van der Waals surface area (Å²) in [5.41, 5.74) is 2.53. The SMILES string of the molecule is CCCn1cc(CN2CCN(C3CCCCC3)[C@@H](CCO)C2)c(C)n1. The Morgan fingerprint density at radius 1 is 1.20 bits per heavy atom. The van der Waals surface area contributed by atoms with Gasteiger partial charge in [0.25, 0.3) is 0 Å². The minimum absolute atomic E-state index is 0.301. The maximum absolute atomic E-state index is 9.56. The lowest BCUT2D eigenvalue weighted by molar-refractivity contribution is 0.0136. The van der Waals surface area contributed by atoms with Crippen LogP contribution in [0.2, 0.25) is 0 Å². The highest BCUT2D eigenvalue weighted by molar-refractivity contribution is 5.15. The quantitative estimate of drug-likeness (QED) is 0.823. The molecule has 1 saturated carbocycles. The van der Waals surface area contributed by atoms with Crippen molar-refractivity contribution >= 4 is 0 Å². The maximum atomic E-state index is 9.56. The molecule has 1 aromatic heterocycles. The van der Waals surface area contributed by atoms with E-state index in [9.17, 15) is 5.11 Å². The summed E-state index contributed by atoms with van der Waals surface area (Å²) in [6.45, 7) is 9.99. The van der Waals surface area contributed by atoms with Crippen LogP contribution in [0, 0.1) is 6.92 Å². The van der Waals surface area contributed by atoms with Crippen LogP contribution in [0.5, 0.6) is 0 Å². The molecule has 1 N–H and O–H groups in total. The molecule has 0 spiro atoms. The average Bonchev–Trinajstić information content (AvgIpc) is 2.96. The Kier molecular flexibility index (Phi) is 6.91. The number of hydrogen-bond donors (Lipinski definition) is 1.